The minimum atomic E-state index is -0.354. The molecule has 2 heterocycles. The van der Waals surface area contributed by atoms with Gasteiger partial charge in [0.05, 0.1) is 10.4 Å². The van der Waals surface area contributed by atoms with Crippen molar-refractivity contribution in [3.63, 3.8) is 0 Å². The van der Waals surface area contributed by atoms with E-state index in [0.29, 0.717) is 34.7 Å². The lowest BCUT2D eigenvalue weighted by Crippen LogP contribution is -2.24. The second-order valence-electron chi connectivity index (χ2n) is 5.83. The van der Waals surface area contributed by atoms with Crippen LogP contribution in [0.4, 0.5) is 10.1 Å². The summed E-state index contributed by atoms with van der Waals surface area (Å²) in [5, 5.41) is 3.97. The van der Waals surface area contributed by atoms with Crippen LogP contribution in [-0.2, 0) is 4.79 Å². The Bertz CT molecular complexity index is 929. The largest absolute Gasteiger partial charge is 0.339 e. The smallest absolute Gasteiger partial charge is 0.232 e. The summed E-state index contributed by atoms with van der Waals surface area (Å²) in [7, 11) is 0. The molecule has 2 aromatic carbocycles. The van der Waals surface area contributed by atoms with Crippen LogP contribution in [0.3, 0.4) is 0 Å². The number of carbonyl (C=O) groups excluding carboxylic acids is 1. The van der Waals surface area contributed by atoms with Crippen LogP contribution >= 0.6 is 15.9 Å². The van der Waals surface area contributed by atoms with Crippen LogP contribution in [0.1, 0.15) is 18.2 Å². The van der Waals surface area contributed by atoms with Crippen LogP contribution in [0, 0.1) is 5.82 Å². The summed E-state index contributed by atoms with van der Waals surface area (Å²) in [5.74, 6) is 0.314. The van der Waals surface area contributed by atoms with Crippen molar-refractivity contribution in [2.24, 2.45) is 0 Å². The molecule has 0 spiro atoms. The molecule has 0 radical (unpaired) electrons. The maximum atomic E-state index is 13.4. The highest BCUT2D eigenvalue weighted by atomic mass is 79.9. The SMILES string of the molecule is O=C1CC(c2nc(-c3ccc(F)c(Br)c3)no2)CN1c1ccccc1. The zero-order valence-corrected chi connectivity index (χ0v) is 14.6. The molecule has 1 saturated heterocycles. The molecule has 0 aliphatic carbocycles. The number of hydrogen-bond acceptors (Lipinski definition) is 4. The molecule has 0 N–H and O–H groups in total. The van der Waals surface area contributed by atoms with E-state index in [1.807, 2.05) is 30.3 Å². The molecule has 5 nitrogen and oxygen atoms in total. The van der Waals surface area contributed by atoms with E-state index < -0.39 is 0 Å². The van der Waals surface area contributed by atoms with Gasteiger partial charge in [0.2, 0.25) is 17.6 Å². The van der Waals surface area contributed by atoms with Crippen molar-refractivity contribution >= 4 is 27.5 Å². The zero-order chi connectivity index (χ0) is 17.4. The molecule has 1 atom stereocenters. The lowest BCUT2D eigenvalue weighted by atomic mass is 10.1. The van der Waals surface area contributed by atoms with Crippen molar-refractivity contribution in [1.29, 1.82) is 0 Å². The van der Waals surface area contributed by atoms with Gasteiger partial charge in [0.25, 0.3) is 0 Å². The lowest BCUT2D eigenvalue weighted by Gasteiger charge is -2.15. The van der Waals surface area contributed by atoms with Gasteiger partial charge < -0.3 is 9.42 Å². The number of para-hydroxylation sites is 1. The summed E-state index contributed by atoms with van der Waals surface area (Å²) in [5.41, 5.74) is 1.50. The van der Waals surface area contributed by atoms with E-state index in [9.17, 15) is 9.18 Å². The molecule has 0 saturated carbocycles. The van der Waals surface area contributed by atoms with Gasteiger partial charge in [0.15, 0.2) is 0 Å². The maximum absolute atomic E-state index is 13.4. The first kappa shape index (κ1) is 16.0. The van der Waals surface area contributed by atoms with Crippen LogP contribution in [-0.4, -0.2) is 22.6 Å². The molecule has 4 rings (SSSR count). The standard InChI is InChI=1S/C18H13BrFN3O2/c19-14-8-11(6-7-15(14)20)17-21-18(25-22-17)12-9-16(24)23(10-12)13-4-2-1-3-5-13/h1-8,12H,9-10H2. The quantitative estimate of drug-likeness (QED) is 0.660. The van der Waals surface area contributed by atoms with Gasteiger partial charge in [0, 0.05) is 24.2 Å². The molecule has 7 heteroatoms. The highest BCUT2D eigenvalue weighted by Crippen LogP contribution is 2.32. The van der Waals surface area contributed by atoms with Crippen molar-refractivity contribution in [3.05, 3.63) is 64.7 Å². The van der Waals surface area contributed by atoms with Crippen LogP contribution in [0.25, 0.3) is 11.4 Å². The van der Waals surface area contributed by atoms with E-state index in [1.54, 1.807) is 17.0 Å². The third-order valence-corrected chi connectivity index (χ3v) is 4.77. The normalized spacial score (nSPS) is 17.3. The van der Waals surface area contributed by atoms with E-state index in [4.69, 9.17) is 4.52 Å². The van der Waals surface area contributed by atoms with E-state index in [2.05, 4.69) is 26.1 Å². The summed E-state index contributed by atoms with van der Waals surface area (Å²) in [6, 6.07) is 14.0. The minimum absolute atomic E-state index is 0.0282. The number of amides is 1. The fourth-order valence-corrected chi connectivity index (χ4v) is 3.26. The first-order valence-corrected chi connectivity index (χ1v) is 8.55. The number of hydrogen-bond donors (Lipinski definition) is 0. The molecule has 1 amide bonds. The predicted octanol–water partition coefficient (Wildman–Crippen LogP) is 4.16. The third-order valence-electron chi connectivity index (χ3n) is 4.16. The molecule has 3 aromatic rings. The Morgan fingerprint density at radius 1 is 1.20 bits per heavy atom. The van der Waals surface area contributed by atoms with Crippen molar-refractivity contribution < 1.29 is 13.7 Å². The molecule has 1 aromatic heterocycles. The van der Waals surface area contributed by atoms with Gasteiger partial charge in [-0.05, 0) is 46.3 Å². The number of rotatable bonds is 3. The van der Waals surface area contributed by atoms with E-state index in [0.717, 1.165) is 5.69 Å². The van der Waals surface area contributed by atoms with E-state index >= 15 is 0 Å². The fraction of sp³-hybridized carbons (Fsp3) is 0.167. The van der Waals surface area contributed by atoms with E-state index in [1.165, 1.54) is 6.07 Å². The van der Waals surface area contributed by atoms with Crippen LogP contribution in [0.2, 0.25) is 0 Å². The average molecular weight is 402 g/mol. The Balaban J connectivity index is 1.56. The summed E-state index contributed by atoms with van der Waals surface area (Å²) in [6.45, 7) is 0.498. The van der Waals surface area contributed by atoms with Crippen molar-refractivity contribution in [2.75, 3.05) is 11.4 Å². The molecular formula is C18H13BrFN3O2. The van der Waals surface area contributed by atoms with Gasteiger partial charge in [-0.25, -0.2) is 4.39 Å². The first-order valence-electron chi connectivity index (χ1n) is 7.76. The van der Waals surface area contributed by atoms with Crippen LogP contribution < -0.4 is 4.90 Å². The molecule has 1 aliphatic heterocycles. The second kappa shape index (κ2) is 6.40. The van der Waals surface area contributed by atoms with Gasteiger partial charge in [-0.3, -0.25) is 4.79 Å². The number of anilines is 1. The Labute approximate surface area is 151 Å². The monoisotopic (exact) mass is 401 g/mol. The molecule has 126 valence electrons. The van der Waals surface area contributed by atoms with Crippen LogP contribution in [0.5, 0.6) is 0 Å². The Kier molecular flexibility index (Phi) is 4.09. The molecular weight excluding hydrogens is 389 g/mol. The molecule has 1 fully saturated rings. The first-order chi connectivity index (χ1) is 12.1. The van der Waals surface area contributed by atoms with Gasteiger partial charge in [-0.1, -0.05) is 23.4 Å². The van der Waals surface area contributed by atoms with Crippen molar-refractivity contribution in [2.45, 2.75) is 12.3 Å². The Morgan fingerprint density at radius 2 is 2.00 bits per heavy atom. The number of nitrogens with zero attached hydrogens (tertiary/aromatic N) is 3. The van der Waals surface area contributed by atoms with Crippen LogP contribution in [0.15, 0.2) is 57.5 Å². The second-order valence-corrected chi connectivity index (χ2v) is 6.68. The maximum Gasteiger partial charge on any atom is 0.232 e. The molecule has 25 heavy (non-hydrogen) atoms. The third kappa shape index (κ3) is 3.07. The van der Waals surface area contributed by atoms with Crippen molar-refractivity contribution in [3.8, 4) is 11.4 Å². The number of aromatic nitrogens is 2. The van der Waals surface area contributed by atoms with Gasteiger partial charge in [0.1, 0.15) is 5.82 Å². The summed E-state index contributed by atoms with van der Waals surface area (Å²) in [6.07, 6.45) is 0.323. The summed E-state index contributed by atoms with van der Waals surface area (Å²) >= 11 is 3.15. The topological polar surface area (TPSA) is 59.2 Å². The average Bonchev–Trinajstić information content (AvgIpc) is 3.25. The Morgan fingerprint density at radius 3 is 2.76 bits per heavy atom. The lowest BCUT2D eigenvalue weighted by molar-refractivity contribution is -0.117. The summed E-state index contributed by atoms with van der Waals surface area (Å²) < 4.78 is 19.1. The number of benzene rings is 2. The predicted molar refractivity (Wildman–Crippen MR) is 93.5 cm³/mol. The zero-order valence-electron chi connectivity index (χ0n) is 13.0. The highest BCUT2D eigenvalue weighted by molar-refractivity contribution is 9.10. The van der Waals surface area contributed by atoms with E-state index in [-0.39, 0.29) is 17.6 Å². The molecule has 1 aliphatic rings. The van der Waals surface area contributed by atoms with Gasteiger partial charge >= 0.3 is 0 Å². The van der Waals surface area contributed by atoms with Gasteiger partial charge in [-0.15, -0.1) is 0 Å². The minimum Gasteiger partial charge on any atom is -0.339 e. The number of halogens is 2. The highest BCUT2D eigenvalue weighted by Gasteiger charge is 2.35. The molecule has 1 unspecified atom stereocenters. The number of carbonyl (C=O) groups is 1. The molecule has 0 bridgehead atoms. The fourth-order valence-electron chi connectivity index (χ4n) is 2.88. The van der Waals surface area contributed by atoms with Crippen molar-refractivity contribution in [1.82, 2.24) is 10.1 Å². The van der Waals surface area contributed by atoms with Gasteiger partial charge in [-0.2, -0.15) is 4.98 Å². The Hall–Kier alpha value is -2.54. The summed E-state index contributed by atoms with van der Waals surface area (Å²) in [4.78, 5) is 18.4.